The maximum Gasteiger partial charge on any atom is 0.226 e. The zero-order valence-electron chi connectivity index (χ0n) is 12.2. The second kappa shape index (κ2) is 5.99. The molecule has 3 rings (SSSR count). The lowest BCUT2D eigenvalue weighted by Gasteiger charge is -2.19. The lowest BCUT2D eigenvalue weighted by atomic mass is 9.96. The summed E-state index contributed by atoms with van der Waals surface area (Å²) in [6.07, 6.45) is 4.26. The van der Waals surface area contributed by atoms with Gasteiger partial charge in [0.25, 0.3) is 0 Å². The number of nitrogens with one attached hydrogen (secondary N) is 1. The molecule has 112 valence electrons. The molecule has 0 aliphatic carbocycles. The fourth-order valence-electron chi connectivity index (χ4n) is 2.70. The van der Waals surface area contributed by atoms with E-state index in [2.05, 4.69) is 10.4 Å². The summed E-state index contributed by atoms with van der Waals surface area (Å²) >= 11 is 1.66. The molecule has 0 unspecified atom stereocenters. The van der Waals surface area contributed by atoms with E-state index in [-0.39, 0.29) is 24.0 Å². The van der Waals surface area contributed by atoms with E-state index in [4.69, 9.17) is 4.74 Å². The molecule has 0 bridgehead atoms. The quantitative estimate of drug-likeness (QED) is 0.944. The van der Waals surface area contributed by atoms with Crippen LogP contribution in [0.15, 0.2) is 29.9 Å². The Kier molecular flexibility index (Phi) is 4.07. The first-order chi connectivity index (χ1) is 10.1. The van der Waals surface area contributed by atoms with Crippen molar-refractivity contribution in [1.82, 2.24) is 15.1 Å². The summed E-state index contributed by atoms with van der Waals surface area (Å²) in [6, 6.07) is 4.08. The third-order valence-corrected chi connectivity index (χ3v) is 4.87. The summed E-state index contributed by atoms with van der Waals surface area (Å²) in [5, 5.41) is 9.28. The van der Waals surface area contributed by atoms with Crippen molar-refractivity contribution in [2.24, 2.45) is 13.0 Å². The predicted molar refractivity (Wildman–Crippen MR) is 80.9 cm³/mol. The largest absolute Gasteiger partial charge is 0.373 e. The number of amides is 1. The van der Waals surface area contributed by atoms with Crippen LogP contribution >= 0.6 is 11.3 Å². The van der Waals surface area contributed by atoms with Gasteiger partial charge in [-0.25, -0.2) is 0 Å². The van der Waals surface area contributed by atoms with Gasteiger partial charge >= 0.3 is 0 Å². The number of carbonyl (C=O) groups is 1. The van der Waals surface area contributed by atoms with Crippen LogP contribution in [0.4, 0.5) is 0 Å². The van der Waals surface area contributed by atoms with E-state index in [0.717, 1.165) is 12.0 Å². The van der Waals surface area contributed by atoms with Gasteiger partial charge in [-0.05, 0) is 24.8 Å². The van der Waals surface area contributed by atoms with Crippen molar-refractivity contribution >= 4 is 17.2 Å². The first kappa shape index (κ1) is 14.3. The van der Waals surface area contributed by atoms with Crippen LogP contribution in [-0.2, 0) is 16.6 Å². The van der Waals surface area contributed by atoms with Crippen molar-refractivity contribution < 1.29 is 9.53 Å². The van der Waals surface area contributed by atoms with Crippen molar-refractivity contribution in [2.75, 3.05) is 6.61 Å². The van der Waals surface area contributed by atoms with Gasteiger partial charge in [0.2, 0.25) is 5.91 Å². The molecular weight excluding hydrogens is 286 g/mol. The molecule has 21 heavy (non-hydrogen) atoms. The standard InChI is InChI=1S/C15H19N3O2S/c1-10(13-4-3-7-21-13)17-15(19)12-5-6-20-14(12)11-8-16-18(2)9-11/h3-4,7-10,12,14H,5-6H2,1-2H3,(H,17,19)/t10-,12-,14+/m0/s1. The second-order valence-electron chi connectivity index (χ2n) is 5.38. The van der Waals surface area contributed by atoms with E-state index in [9.17, 15) is 4.79 Å². The number of carbonyl (C=O) groups excluding carboxylic acids is 1. The molecular formula is C15H19N3O2S. The van der Waals surface area contributed by atoms with Gasteiger partial charge in [-0.3, -0.25) is 9.48 Å². The van der Waals surface area contributed by atoms with Crippen molar-refractivity contribution in [1.29, 1.82) is 0 Å². The summed E-state index contributed by atoms with van der Waals surface area (Å²) in [5.41, 5.74) is 0.971. The van der Waals surface area contributed by atoms with Gasteiger partial charge in [0.05, 0.1) is 24.3 Å². The van der Waals surface area contributed by atoms with Gasteiger partial charge in [0, 0.05) is 30.3 Å². The fraction of sp³-hybridized carbons (Fsp3) is 0.467. The topological polar surface area (TPSA) is 56.1 Å². The van der Waals surface area contributed by atoms with Crippen LogP contribution in [0, 0.1) is 5.92 Å². The van der Waals surface area contributed by atoms with Gasteiger partial charge in [-0.2, -0.15) is 5.10 Å². The highest BCUT2D eigenvalue weighted by atomic mass is 32.1. The van der Waals surface area contributed by atoms with Crippen LogP contribution in [0.5, 0.6) is 0 Å². The summed E-state index contributed by atoms with van der Waals surface area (Å²) in [5.74, 6) is -0.0844. The third-order valence-electron chi connectivity index (χ3n) is 3.81. The summed E-state index contributed by atoms with van der Waals surface area (Å²) in [4.78, 5) is 13.7. The number of hydrogen-bond donors (Lipinski definition) is 1. The number of thiophene rings is 1. The molecule has 5 nitrogen and oxygen atoms in total. The zero-order chi connectivity index (χ0) is 14.8. The minimum atomic E-state index is -0.186. The summed E-state index contributed by atoms with van der Waals surface area (Å²) in [6.45, 7) is 2.63. The van der Waals surface area contributed by atoms with Crippen LogP contribution < -0.4 is 5.32 Å². The molecule has 3 heterocycles. The molecule has 2 aromatic heterocycles. The molecule has 1 fully saturated rings. The van der Waals surface area contributed by atoms with Gasteiger partial charge in [-0.15, -0.1) is 11.3 Å². The fourth-order valence-corrected chi connectivity index (χ4v) is 3.44. The van der Waals surface area contributed by atoms with Crippen molar-refractivity contribution in [3.8, 4) is 0 Å². The number of aromatic nitrogens is 2. The van der Waals surface area contributed by atoms with Gasteiger partial charge in [0.15, 0.2) is 0 Å². The first-order valence-electron chi connectivity index (χ1n) is 7.09. The highest BCUT2D eigenvalue weighted by molar-refractivity contribution is 7.10. The van der Waals surface area contributed by atoms with E-state index < -0.39 is 0 Å². The number of rotatable bonds is 4. The van der Waals surface area contributed by atoms with Crippen molar-refractivity contribution in [3.05, 3.63) is 40.3 Å². The molecule has 2 aromatic rings. The minimum absolute atomic E-state index is 0.0349. The van der Waals surface area contributed by atoms with Crippen molar-refractivity contribution in [3.63, 3.8) is 0 Å². The van der Waals surface area contributed by atoms with E-state index >= 15 is 0 Å². The van der Waals surface area contributed by atoms with Gasteiger partial charge in [0.1, 0.15) is 0 Å². The average molecular weight is 305 g/mol. The Morgan fingerprint density at radius 3 is 3.14 bits per heavy atom. The number of ether oxygens (including phenoxy) is 1. The number of aryl methyl sites for hydroxylation is 1. The lowest BCUT2D eigenvalue weighted by molar-refractivity contribution is -0.127. The Morgan fingerprint density at radius 1 is 1.62 bits per heavy atom. The monoisotopic (exact) mass is 305 g/mol. The zero-order valence-corrected chi connectivity index (χ0v) is 13.0. The first-order valence-corrected chi connectivity index (χ1v) is 7.97. The van der Waals surface area contributed by atoms with Crippen molar-refractivity contribution in [2.45, 2.75) is 25.5 Å². The molecule has 1 aliphatic rings. The van der Waals surface area contributed by atoms with E-state index in [0.29, 0.717) is 6.61 Å². The Labute approximate surface area is 127 Å². The average Bonchev–Trinajstić information content (AvgIpc) is 3.19. The molecule has 1 aliphatic heterocycles. The van der Waals surface area contributed by atoms with Crippen LogP contribution in [0.2, 0.25) is 0 Å². The normalized spacial score (nSPS) is 23.1. The second-order valence-corrected chi connectivity index (χ2v) is 6.36. The molecule has 6 heteroatoms. The highest BCUT2D eigenvalue weighted by Crippen LogP contribution is 2.35. The molecule has 0 saturated carbocycles. The molecule has 3 atom stereocenters. The predicted octanol–water partition coefficient (Wildman–Crippen LogP) is 2.44. The van der Waals surface area contributed by atoms with Crippen LogP contribution in [-0.4, -0.2) is 22.3 Å². The van der Waals surface area contributed by atoms with E-state index in [1.54, 1.807) is 22.2 Å². The molecule has 1 N–H and O–H groups in total. The van der Waals surface area contributed by atoms with Gasteiger partial charge < -0.3 is 10.1 Å². The Balaban J connectivity index is 1.68. The van der Waals surface area contributed by atoms with Crippen LogP contribution in [0.3, 0.4) is 0 Å². The maximum atomic E-state index is 12.5. The van der Waals surface area contributed by atoms with E-state index in [1.807, 2.05) is 37.7 Å². The Hall–Kier alpha value is -1.66. The molecule has 0 spiro atoms. The number of hydrogen-bond acceptors (Lipinski definition) is 4. The smallest absolute Gasteiger partial charge is 0.226 e. The third kappa shape index (κ3) is 3.01. The van der Waals surface area contributed by atoms with Crippen LogP contribution in [0.1, 0.15) is 35.9 Å². The minimum Gasteiger partial charge on any atom is -0.373 e. The maximum absolute atomic E-state index is 12.5. The van der Waals surface area contributed by atoms with Gasteiger partial charge in [-0.1, -0.05) is 6.07 Å². The summed E-state index contributed by atoms with van der Waals surface area (Å²) in [7, 11) is 1.87. The van der Waals surface area contributed by atoms with Crippen LogP contribution in [0.25, 0.3) is 0 Å². The molecule has 1 saturated heterocycles. The molecule has 1 amide bonds. The lowest BCUT2D eigenvalue weighted by Crippen LogP contribution is -2.33. The Bertz CT molecular complexity index is 608. The van der Waals surface area contributed by atoms with E-state index in [1.165, 1.54) is 4.88 Å². The Morgan fingerprint density at radius 2 is 2.48 bits per heavy atom. The molecule has 0 radical (unpaired) electrons. The SMILES string of the molecule is C[C@H](NC(=O)[C@H]1CCO[C@@H]1c1cnn(C)c1)c1cccs1. The highest BCUT2D eigenvalue weighted by Gasteiger charge is 2.36. The number of nitrogens with zero attached hydrogens (tertiary/aromatic N) is 2. The summed E-state index contributed by atoms with van der Waals surface area (Å²) < 4.78 is 7.48. The molecule has 0 aromatic carbocycles.